The number of hydrogen-bond acceptors (Lipinski definition) is 6. The van der Waals surface area contributed by atoms with Gasteiger partial charge < -0.3 is 14.2 Å². The summed E-state index contributed by atoms with van der Waals surface area (Å²) in [6.07, 6.45) is 77.9. The molecule has 6 heteroatoms. The zero-order valence-corrected chi connectivity index (χ0v) is 45.5. The van der Waals surface area contributed by atoms with E-state index in [2.05, 4.69) is 130 Å². The second kappa shape index (κ2) is 57.6. The second-order valence-corrected chi connectivity index (χ2v) is 18.8. The molecule has 0 saturated heterocycles. The first-order valence-electron chi connectivity index (χ1n) is 28.9. The maximum Gasteiger partial charge on any atom is 0.306 e. The summed E-state index contributed by atoms with van der Waals surface area (Å²) < 4.78 is 16.8. The molecule has 0 N–H and O–H groups in total. The third-order valence-electron chi connectivity index (χ3n) is 12.0. The number of allylic oxidation sites excluding steroid dienone is 18. The number of carbonyl (C=O) groups is 3. The molecule has 0 radical (unpaired) electrons. The van der Waals surface area contributed by atoms with Gasteiger partial charge in [0.05, 0.1) is 0 Å². The lowest BCUT2D eigenvalue weighted by Gasteiger charge is -2.18. The SMILES string of the molecule is CC/C=C\C/C=C\C/C=C\C/C=C\C/C=C\C/C=C\C/C=C\CCCCCC(=O)OCC(COC(=O)CCCCCCCCCCCC)OC(=O)CCCCCCCCC/C=C\C/C=C\CCCCC. The molecule has 0 aliphatic rings. The van der Waals surface area contributed by atoms with Gasteiger partial charge in [-0.05, 0) is 109 Å². The molecule has 0 spiro atoms. The van der Waals surface area contributed by atoms with Crippen molar-refractivity contribution < 1.29 is 28.6 Å². The van der Waals surface area contributed by atoms with Crippen LogP contribution in [0.5, 0.6) is 0 Å². The molecular formula is C64H106O6. The summed E-state index contributed by atoms with van der Waals surface area (Å²) in [5, 5.41) is 0. The van der Waals surface area contributed by atoms with E-state index in [4.69, 9.17) is 14.2 Å². The van der Waals surface area contributed by atoms with Crippen LogP contribution in [0.15, 0.2) is 109 Å². The number of carbonyl (C=O) groups excluding carboxylic acids is 3. The van der Waals surface area contributed by atoms with Gasteiger partial charge in [-0.3, -0.25) is 14.4 Å². The van der Waals surface area contributed by atoms with Gasteiger partial charge in [-0.1, -0.05) is 239 Å². The maximum absolute atomic E-state index is 12.8. The Kier molecular flexibility index (Phi) is 54.4. The predicted octanol–water partition coefficient (Wildman–Crippen LogP) is 19.5. The molecule has 0 aromatic heterocycles. The van der Waals surface area contributed by atoms with Crippen LogP contribution in [-0.2, 0) is 28.6 Å². The van der Waals surface area contributed by atoms with Crippen LogP contribution in [0.4, 0.5) is 0 Å². The van der Waals surface area contributed by atoms with Crippen LogP contribution in [-0.4, -0.2) is 37.2 Å². The first-order chi connectivity index (χ1) is 34.5. The molecule has 1 atom stereocenters. The molecule has 0 aliphatic carbocycles. The molecule has 398 valence electrons. The van der Waals surface area contributed by atoms with Gasteiger partial charge in [0, 0.05) is 19.3 Å². The van der Waals surface area contributed by atoms with Gasteiger partial charge in [-0.15, -0.1) is 0 Å². The topological polar surface area (TPSA) is 78.9 Å². The van der Waals surface area contributed by atoms with Gasteiger partial charge in [0.2, 0.25) is 0 Å². The van der Waals surface area contributed by atoms with Crippen molar-refractivity contribution in [2.75, 3.05) is 13.2 Å². The molecule has 0 saturated carbocycles. The van der Waals surface area contributed by atoms with Crippen LogP contribution in [0, 0.1) is 0 Å². The number of ether oxygens (including phenoxy) is 3. The molecule has 0 aromatic rings. The quantitative estimate of drug-likeness (QED) is 0.0262. The fourth-order valence-corrected chi connectivity index (χ4v) is 7.69. The Morgan fingerprint density at radius 1 is 0.300 bits per heavy atom. The average molecular weight is 972 g/mol. The van der Waals surface area contributed by atoms with E-state index in [0.717, 1.165) is 122 Å². The molecule has 6 nitrogen and oxygen atoms in total. The smallest absolute Gasteiger partial charge is 0.306 e. The van der Waals surface area contributed by atoms with Gasteiger partial charge in [-0.2, -0.15) is 0 Å². The fourth-order valence-electron chi connectivity index (χ4n) is 7.69. The number of unbranched alkanes of at least 4 members (excludes halogenated alkanes) is 22. The van der Waals surface area contributed by atoms with E-state index in [1.807, 2.05) is 0 Å². The predicted molar refractivity (Wildman–Crippen MR) is 302 cm³/mol. The Morgan fingerprint density at radius 2 is 0.557 bits per heavy atom. The monoisotopic (exact) mass is 971 g/mol. The molecular weight excluding hydrogens is 865 g/mol. The number of hydrogen-bond donors (Lipinski definition) is 0. The number of rotatable bonds is 51. The second-order valence-electron chi connectivity index (χ2n) is 18.8. The lowest BCUT2D eigenvalue weighted by Crippen LogP contribution is -2.30. The van der Waals surface area contributed by atoms with Gasteiger partial charge >= 0.3 is 17.9 Å². The van der Waals surface area contributed by atoms with Crippen molar-refractivity contribution in [3.63, 3.8) is 0 Å². The van der Waals surface area contributed by atoms with Crippen molar-refractivity contribution in [1.82, 2.24) is 0 Å². The molecule has 0 amide bonds. The largest absolute Gasteiger partial charge is 0.462 e. The maximum atomic E-state index is 12.8. The van der Waals surface area contributed by atoms with Crippen LogP contribution in [0.2, 0.25) is 0 Å². The van der Waals surface area contributed by atoms with Gasteiger partial charge in [-0.25, -0.2) is 0 Å². The highest BCUT2D eigenvalue weighted by Crippen LogP contribution is 2.14. The summed E-state index contributed by atoms with van der Waals surface area (Å²) >= 11 is 0. The van der Waals surface area contributed by atoms with Crippen molar-refractivity contribution in [2.45, 2.75) is 264 Å². The summed E-state index contributed by atoms with van der Waals surface area (Å²) in [5.74, 6) is -0.935. The Labute approximate surface area is 431 Å². The Balaban J connectivity index is 4.39. The minimum atomic E-state index is -0.796. The molecule has 70 heavy (non-hydrogen) atoms. The van der Waals surface area contributed by atoms with Crippen molar-refractivity contribution in [2.24, 2.45) is 0 Å². The van der Waals surface area contributed by atoms with Crippen LogP contribution >= 0.6 is 0 Å². The van der Waals surface area contributed by atoms with Gasteiger partial charge in [0.1, 0.15) is 13.2 Å². The van der Waals surface area contributed by atoms with E-state index in [9.17, 15) is 14.4 Å². The fraction of sp³-hybridized carbons (Fsp3) is 0.672. The van der Waals surface area contributed by atoms with E-state index in [-0.39, 0.29) is 31.1 Å². The van der Waals surface area contributed by atoms with Crippen molar-refractivity contribution in [3.05, 3.63) is 109 Å². The Hall–Kier alpha value is -3.93. The molecule has 0 bridgehead atoms. The van der Waals surface area contributed by atoms with E-state index < -0.39 is 6.10 Å². The molecule has 1 unspecified atom stereocenters. The van der Waals surface area contributed by atoms with Gasteiger partial charge in [0.15, 0.2) is 6.10 Å². The normalized spacial score (nSPS) is 12.9. The van der Waals surface area contributed by atoms with Crippen LogP contribution in [0.25, 0.3) is 0 Å². The van der Waals surface area contributed by atoms with Crippen molar-refractivity contribution in [3.8, 4) is 0 Å². The Bertz CT molecular complexity index is 1440. The molecule has 0 heterocycles. The number of esters is 3. The summed E-state index contributed by atoms with van der Waals surface area (Å²) in [7, 11) is 0. The minimum absolute atomic E-state index is 0.0918. The summed E-state index contributed by atoms with van der Waals surface area (Å²) in [4.78, 5) is 38.1. The standard InChI is InChI=1S/C64H106O6/c1-4-7-10-13-16-19-22-24-26-28-29-30-31-32-33-34-35-37-38-40-42-45-48-51-54-57-63(66)69-60-61(59-68-62(65)56-53-50-47-44-21-18-15-12-9-6-3)70-64(67)58-55-52-49-46-43-41-39-36-27-25-23-20-17-14-11-8-5-2/h7,10,16-17,19-20,24-27,29-30,32-33,35,37,40,42,61H,4-6,8-9,11-15,18,21-23,28,31,34,36,38-39,41,43-60H2,1-3H3/b10-7-,19-16-,20-17-,26-24-,27-25-,30-29-,33-32-,37-35-,42-40-. The Morgan fingerprint density at radius 3 is 0.914 bits per heavy atom. The summed E-state index contributed by atoms with van der Waals surface area (Å²) in [5.41, 5.74) is 0. The van der Waals surface area contributed by atoms with Gasteiger partial charge in [0.25, 0.3) is 0 Å². The minimum Gasteiger partial charge on any atom is -0.462 e. The lowest BCUT2D eigenvalue weighted by atomic mass is 10.1. The average Bonchev–Trinajstić information content (AvgIpc) is 3.36. The van der Waals surface area contributed by atoms with Crippen LogP contribution < -0.4 is 0 Å². The highest BCUT2D eigenvalue weighted by Gasteiger charge is 2.19. The van der Waals surface area contributed by atoms with E-state index in [1.165, 1.54) is 96.3 Å². The first kappa shape index (κ1) is 66.1. The van der Waals surface area contributed by atoms with Crippen LogP contribution in [0.3, 0.4) is 0 Å². The lowest BCUT2D eigenvalue weighted by molar-refractivity contribution is -0.167. The zero-order valence-electron chi connectivity index (χ0n) is 45.5. The third-order valence-corrected chi connectivity index (χ3v) is 12.0. The molecule has 0 aliphatic heterocycles. The molecule has 0 fully saturated rings. The zero-order chi connectivity index (χ0) is 50.7. The van der Waals surface area contributed by atoms with E-state index >= 15 is 0 Å². The molecule has 0 rings (SSSR count). The summed E-state index contributed by atoms with van der Waals surface area (Å²) in [6, 6.07) is 0. The van der Waals surface area contributed by atoms with Crippen molar-refractivity contribution >= 4 is 17.9 Å². The highest BCUT2D eigenvalue weighted by atomic mass is 16.6. The van der Waals surface area contributed by atoms with Crippen LogP contribution in [0.1, 0.15) is 258 Å². The highest BCUT2D eigenvalue weighted by molar-refractivity contribution is 5.71. The van der Waals surface area contributed by atoms with Crippen molar-refractivity contribution in [1.29, 1.82) is 0 Å². The summed E-state index contributed by atoms with van der Waals surface area (Å²) in [6.45, 7) is 6.45. The first-order valence-corrected chi connectivity index (χ1v) is 28.9. The third kappa shape index (κ3) is 55.0. The van der Waals surface area contributed by atoms with E-state index in [0.29, 0.717) is 19.3 Å². The molecule has 0 aromatic carbocycles. The van der Waals surface area contributed by atoms with E-state index in [1.54, 1.807) is 0 Å².